The van der Waals surface area contributed by atoms with Crippen molar-refractivity contribution in [3.63, 3.8) is 0 Å². The fraction of sp³-hybridized carbons (Fsp3) is 0.562. The van der Waals surface area contributed by atoms with E-state index in [4.69, 9.17) is 4.74 Å². The van der Waals surface area contributed by atoms with E-state index in [2.05, 4.69) is 26.6 Å². The van der Waals surface area contributed by atoms with E-state index in [-0.39, 0.29) is 23.7 Å². The summed E-state index contributed by atoms with van der Waals surface area (Å²) < 4.78 is 6.21. The van der Waals surface area contributed by atoms with Crippen molar-refractivity contribution >= 4 is 34.2 Å². The van der Waals surface area contributed by atoms with Gasteiger partial charge in [0.05, 0.1) is 12.2 Å². The molecule has 2 N–H and O–H groups in total. The Hall–Kier alpha value is -0.620. The smallest absolute Gasteiger partial charge is 0.252 e. The first-order valence-electron chi connectivity index (χ1n) is 7.30. The van der Waals surface area contributed by atoms with Crippen molar-refractivity contribution < 1.29 is 9.53 Å². The minimum absolute atomic E-state index is 0. The highest BCUT2D eigenvalue weighted by Crippen LogP contribution is 2.28. The van der Waals surface area contributed by atoms with Crippen LogP contribution in [-0.2, 0) is 4.74 Å². The first-order valence-corrected chi connectivity index (χ1v) is 8.10. The molecule has 124 valence electrons. The van der Waals surface area contributed by atoms with Crippen LogP contribution in [0.5, 0.6) is 0 Å². The molecule has 1 aliphatic rings. The Balaban J connectivity index is 0.00000242. The summed E-state index contributed by atoms with van der Waals surface area (Å²) in [5, 5.41) is 6.43. The lowest BCUT2D eigenvalue weighted by Gasteiger charge is -2.37. The van der Waals surface area contributed by atoms with Crippen LogP contribution < -0.4 is 10.6 Å². The maximum absolute atomic E-state index is 12.4. The van der Waals surface area contributed by atoms with E-state index in [1.54, 1.807) is 7.11 Å². The molecule has 0 aromatic heterocycles. The van der Waals surface area contributed by atoms with Crippen LogP contribution in [0.1, 0.15) is 28.8 Å². The number of aryl methyl sites for hydroxylation is 1. The Kier molecular flexibility index (Phi) is 7.83. The van der Waals surface area contributed by atoms with Crippen molar-refractivity contribution in [2.24, 2.45) is 5.41 Å². The Morgan fingerprint density at radius 2 is 2.09 bits per heavy atom. The lowest BCUT2D eigenvalue weighted by Crippen LogP contribution is -2.47. The fourth-order valence-electron chi connectivity index (χ4n) is 2.80. The maximum atomic E-state index is 12.4. The minimum atomic E-state index is -0.0316. The van der Waals surface area contributed by atoms with Crippen LogP contribution in [0.15, 0.2) is 22.7 Å². The Morgan fingerprint density at radius 1 is 1.41 bits per heavy atom. The number of methoxy groups -OCH3 is 1. The normalized spacial score (nSPS) is 16.7. The third kappa shape index (κ3) is 4.95. The van der Waals surface area contributed by atoms with E-state index in [1.165, 1.54) is 0 Å². The van der Waals surface area contributed by atoms with Gasteiger partial charge in [-0.1, -0.05) is 6.07 Å². The molecular weight excluding hydrogens is 368 g/mol. The zero-order valence-electron chi connectivity index (χ0n) is 13.1. The third-order valence-corrected chi connectivity index (χ3v) is 4.76. The molecule has 1 saturated heterocycles. The molecule has 1 aliphatic heterocycles. The zero-order valence-corrected chi connectivity index (χ0v) is 15.5. The molecule has 1 aromatic rings. The third-order valence-electron chi connectivity index (χ3n) is 4.11. The minimum Gasteiger partial charge on any atom is -0.384 e. The van der Waals surface area contributed by atoms with Gasteiger partial charge in [-0.3, -0.25) is 4.79 Å². The summed E-state index contributed by atoms with van der Waals surface area (Å²) in [5.41, 5.74) is 1.86. The summed E-state index contributed by atoms with van der Waals surface area (Å²) in [4.78, 5) is 12.4. The van der Waals surface area contributed by atoms with Crippen LogP contribution in [0, 0.1) is 12.3 Å². The van der Waals surface area contributed by atoms with Gasteiger partial charge in [0.15, 0.2) is 0 Å². The van der Waals surface area contributed by atoms with Crippen LogP contribution in [0.2, 0.25) is 0 Å². The SMILES string of the molecule is COCC1(CNC(=O)c2ccc(C)cc2Br)CCNCC1.Cl. The molecule has 4 nitrogen and oxygen atoms in total. The molecule has 0 unspecified atom stereocenters. The van der Waals surface area contributed by atoms with Crippen molar-refractivity contribution in [3.8, 4) is 0 Å². The number of nitrogens with one attached hydrogen (secondary N) is 2. The van der Waals surface area contributed by atoms with Gasteiger partial charge in [-0.25, -0.2) is 0 Å². The number of carbonyl (C=O) groups excluding carboxylic acids is 1. The second kappa shape index (κ2) is 8.87. The number of carbonyl (C=O) groups is 1. The van der Waals surface area contributed by atoms with Crippen LogP contribution >= 0.6 is 28.3 Å². The number of piperidine rings is 1. The monoisotopic (exact) mass is 390 g/mol. The van der Waals surface area contributed by atoms with Crippen molar-refractivity contribution in [1.29, 1.82) is 0 Å². The van der Waals surface area contributed by atoms with E-state index < -0.39 is 0 Å². The fourth-order valence-corrected chi connectivity index (χ4v) is 3.48. The van der Waals surface area contributed by atoms with Crippen LogP contribution in [0.4, 0.5) is 0 Å². The Labute approximate surface area is 146 Å². The first kappa shape index (κ1) is 19.4. The molecule has 0 atom stereocenters. The van der Waals surface area contributed by atoms with Gasteiger partial charge in [0.1, 0.15) is 0 Å². The molecule has 1 heterocycles. The van der Waals surface area contributed by atoms with Gasteiger partial charge in [-0.05, 0) is 66.5 Å². The van der Waals surface area contributed by atoms with Crippen LogP contribution in [-0.4, -0.2) is 39.3 Å². The molecule has 0 spiro atoms. The van der Waals surface area contributed by atoms with E-state index >= 15 is 0 Å². The molecule has 0 aliphatic carbocycles. The van der Waals surface area contributed by atoms with E-state index in [9.17, 15) is 4.79 Å². The molecule has 2 rings (SSSR count). The second-order valence-corrected chi connectivity index (χ2v) is 6.70. The molecule has 1 aromatic carbocycles. The van der Waals surface area contributed by atoms with E-state index in [1.807, 2.05) is 25.1 Å². The van der Waals surface area contributed by atoms with Gasteiger partial charge < -0.3 is 15.4 Å². The number of hydrogen-bond donors (Lipinski definition) is 2. The van der Waals surface area contributed by atoms with Gasteiger partial charge in [0.2, 0.25) is 0 Å². The largest absolute Gasteiger partial charge is 0.384 e. The highest BCUT2D eigenvalue weighted by atomic mass is 79.9. The van der Waals surface area contributed by atoms with Gasteiger partial charge in [0, 0.05) is 23.5 Å². The number of benzene rings is 1. The molecule has 1 amide bonds. The molecular formula is C16H24BrClN2O2. The zero-order chi connectivity index (χ0) is 15.3. The highest BCUT2D eigenvalue weighted by molar-refractivity contribution is 9.10. The Bertz CT molecular complexity index is 499. The van der Waals surface area contributed by atoms with Gasteiger partial charge in [-0.2, -0.15) is 0 Å². The van der Waals surface area contributed by atoms with Gasteiger partial charge in [0.25, 0.3) is 5.91 Å². The van der Waals surface area contributed by atoms with Crippen LogP contribution in [0.3, 0.4) is 0 Å². The summed E-state index contributed by atoms with van der Waals surface area (Å²) >= 11 is 3.46. The molecule has 6 heteroatoms. The predicted molar refractivity (Wildman–Crippen MR) is 94.9 cm³/mol. The average molecular weight is 392 g/mol. The lowest BCUT2D eigenvalue weighted by atomic mass is 9.79. The quantitative estimate of drug-likeness (QED) is 0.811. The van der Waals surface area contributed by atoms with Crippen LogP contribution in [0.25, 0.3) is 0 Å². The molecule has 0 bridgehead atoms. The number of ether oxygens (including phenoxy) is 1. The summed E-state index contributed by atoms with van der Waals surface area (Å²) in [6.45, 7) is 5.31. The molecule has 0 radical (unpaired) electrons. The van der Waals surface area contributed by atoms with Crippen molar-refractivity contribution in [2.75, 3.05) is 33.4 Å². The lowest BCUT2D eigenvalue weighted by molar-refractivity contribution is 0.0511. The number of rotatable bonds is 5. The molecule has 22 heavy (non-hydrogen) atoms. The Morgan fingerprint density at radius 3 is 2.68 bits per heavy atom. The summed E-state index contributed by atoms with van der Waals surface area (Å²) in [5.74, 6) is -0.0316. The predicted octanol–water partition coefficient (Wildman–Crippen LogP) is 2.93. The van der Waals surface area contributed by atoms with E-state index in [0.29, 0.717) is 18.7 Å². The summed E-state index contributed by atoms with van der Waals surface area (Å²) in [7, 11) is 1.72. The second-order valence-electron chi connectivity index (χ2n) is 5.85. The van der Waals surface area contributed by atoms with Gasteiger partial charge in [-0.15, -0.1) is 12.4 Å². The summed E-state index contributed by atoms with van der Waals surface area (Å²) in [6, 6.07) is 5.78. The van der Waals surface area contributed by atoms with Crippen molar-refractivity contribution in [1.82, 2.24) is 10.6 Å². The molecule has 0 saturated carbocycles. The number of amides is 1. The van der Waals surface area contributed by atoms with E-state index in [0.717, 1.165) is 36.0 Å². The maximum Gasteiger partial charge on any atom is 0.252 e. The highest BCUT2D eigenvalue weighted by Gasteiger charge is 2.32. The molecule has 1 fully saturated rings. The first-order chi connectivity index (χ1) is 10.1. The van der Waals surface area contributed by atoms with Crippen molar-refractivity contribution in [3.05, 3.63) is 33.8 Å². The average Bonchev–Trinajstić information content (AvgIpc) is 2.46. The number of halogens is 2. The topological polar surface area (TPSA) is 50.4 Å². The summed E-state index contributed by atoms with van der Waals surface area (Å²) in [6.07, 6.45) is 2.05. The van der Waals surface area contributed by atoms with Crippen molar-refractivity contribution in [2.45, 2.75) is 19.8 Å². The number of hydrogen-bond acceptors (Lipinski definition) is 3. The standard InChI is InChI=1S/C16H23BrN2O2.ClH/c1-12-3-4-13(14(17)9-12)15(20)19-10-16(11-21-2)5-7-18-8-6-16;/h3-4,9,18H,5-8,10-11H2,1-2H3,(H,19,20);1H. The van der Waals surface area contributed by atoms with Gasteiger partial charge >= 0.3 is 0 Å².